The van der Waals surface area contributed by atoms with E-state index in [9.17, 15) is 8.78 Å². The summed E-state index contributed by atoms with van der Waals surface area (Å²) < 4.78 is 26.6. The van der Waals surface area contributed by atoms with Crippen molar-refractivity contribution in [1.82, 2.24) is 9.97 Å². The molecule has 1 aliphatic heterocycles. The molecule has 1 atom stereocenters. The molecule has 3 nitrogen and oxygen atoms in total. The van der Waals surface area contributed by atoms with Crippen LogP contribution in [0.1, 0.15) is 19.0 Å². The predicted octanol–water partition coefficient (Wildman–Crippen LogP) is 2.27. The van der Waals surface area contributed by atoms with E-state index in [0.717, 1.165) is 11.5 Å². The molecule has 0 spiro atoms. The maximum absolute atomic E-state index is 13.3. The zero-order valence-electron chi connectivity index (χ0n) is 9.45. The Morgan fingerprint density at radius 2 is 2.06 bits per heavy atom. The van der Waals surface area contributed by atoms with Gasteiger partial charge < -0.3 is 4.90 Å². The molecule has 0 aromatic carbocycles. The Bertz CT molecular complexity index is 381. The summed E-state index contributed by atoms with van der Waals surface area (Å²) >= 11 is 0. The third-order valence-corrected chi connectivity index (χ3v) is 3.09. The van der Waals surface area contributed by atoms with Gasteiger partial charge in [-0.2, -0.15) is 0 Å². The van der Waals surface area contributed by atoms with Gasteiger partial charge in [0.2, 0.25) is 0 Å². The summed E-state index contributed by atoms with van der Waals surface area (Å²) in [5.74, 6) is -2.46. The molecule has 0 aliphatic carbocycles. The van der Waals surface area contributed by atoms with Crippen molar-refractivity contribution < 1.29 is 8.78 Å². The van der Waals surface area contributed by atoms with Crippen LogP contribution in [0.5, 0.6) is 0 Å². The first-order valence-electron chi connectivity index (χ1n) is 5.41. The van der Waals surface area contributed by atoms with Crippen LogP contribution in [0.15, 0.2) is 12.4 Å². The Balaban J connectivity index is 2.17. The maximum Gasteiger partial charge on any atom is 0.254 e. The minimum absolute atomic E-state index is 0.107. The van der Waals surface area contributed by atoms with Crippen molar-refractivity contribution in [3.8, 4) is 0 Å². The Kier molecular flexibility index (Phi) is 2.78. The normalized spacial score (nSPS) is 24.5. The van der Waals surface area contributed by atoms with Gasteiger partial charge in [-0.05, 0) is 6.92 Å². The Morgan fingerprint density at radius 1 is 1.38 bits per heavy atom. The molecule has 0 amide bonds. The van der Waals surface area contributed by atoms with Crippen LogP contribution in [0, 0.1) is 12.8 Å². The van der Waals surface area contributed by atoms with Crippen LogP contribution in [0.3, 0.4) is 0 Å². The van der Waals surface area contributed by atoms with Crippen molar-refractivity contribution in [3.63, 3.8) is 0 Å². The van der Waals surface area contributed by atoms with Crippen LogP contribution in [-0.2, 0) is 0 Å². The van der Waals surface area contributed by atoms with E-state index in [-0.39, 0.29) is 6.42 Å². The quantitative estimate of drug-likeness (QED) is 0.737. The molecule has 1 aliphatic rings. The van der Waals surface area contributed by atoms with Gasteiger partial charge in [-0.1, -0.05) is 6.92 Å². The van der Waals surface area contributed by atoms with E-state index >= 15 is 0 Å². The van der Waals surface area contributed by atoms with Gasteiger partial charge in [-0.25, -0.2) is 13.8 Å². The summed E-state index contributed by atoms with van der Waals surface area (Å²) in [7, 11) is 0. The molecule has 1 saturated heterocycles. The summed E-state index contributed by atoms with van der Waals surface area (Å²) in [5, 5.41) is 0. The number of alkyl halides is 2. The largest absolute Gasteiger partial charge is 0.354 e. The lowest BCUT2D eigenvalue weighted by molar-refractivity contribution is -0.0652. The number of nitrogens with zero attached hydrogens (tertiary/aromatic N) is 3. The average molecular weight is 227 g/mol. The molecule has 5 heteroatoms. The Hall–Kier alpha value is -1.26. The molecule has 1 aromatic heterocycles. The molecule has 88 valence electrons. The van der Waals surface area contributed by atoms with E-state index in [1.807, 2.05) is 11.8 Å². The van der Waals surface area contributed by atoms with E-state index in [1.54, 1.807) is 19.3 Å². The highest BCUT2D eigenvalue weighted by Gasteiger charge is 2.41. The number of aromatic nitrogens is 2. The minimum Gasteiger partial charge on any atom is -0.354 e. The number of anilines is 1. The van der Waals surface area contributed by atoms with Crippen LogP contribution in [0.4, 0.5) is 14.6 Å². The second-order valence-electron chi connectivity index (χ2n) is 4.32. The summed E-state index contributed by atoms with van der Waals surface area (Å²) in [6.45, 7) is 4.11. The molecule has 16 heavy (non-hydrogen) atoms. The number of halogens is 2. The van der Waals surface area contributed by atoms with Gasteiger partial charge in [0.1, 0.15) is 5.82 Å². The number of hydrogen-bond donors (Lipinski definition) is 0. The van der Waals surface area contributed by atoms with Gasteiger partial charge in [-0.15, -0.1) is 0 Å². The van der Waals surface area contributed by atoms with E-state index in [0.29, 0.717) is 13.1 Å². The molecule has 0 N–H and O–H groups in total. The van der Waals surface area contributed by atoms with Crippen molar-refractivity contribution in [2.75, 3.05) is 18.0 Å². The molecule has 1 unspecified atom stereocenters. The summed E-state index contributed by atoms with van der Waals surface area (Å²) in [6, 6.07) is 0. The maximum atomic E-state index is 13.3. The van der Waals surface area contributed by atoms with Gasteiger partial charge in [0, 0.05) is 37.8 Å². The first-order chi connectivity index (χ1) is 7.50. The second-order valence-corrected chi connectivity index (χ2v) is 4.32. The fraction of sp³-hybridized carbons (Fsp3) is 0.636. The summed E-state index contributed by atoms with van der Waals surface area (Å²) in [4.78, 5) is 10.2. The van der Waals surface area contributed by atoms with Crippen molar-refractivity contribution in [1.29, 1.82) is 0 Å². The zero-order chi connectivity index (χ0) is 11.8. The smallest absolute Gasteiger partial charge is 0.254 e. The SMILES string of the molecule is Cc1nccnc1N1CCC(F)(F)C(C)C1. The van der Waals surface area contributed by atoms with Gasteiger partial charge in [0.25, 0.3) is 5.92 Å². The van der Waals surface area contributed by atoms with Crippen molar-refractivity contribution in [2.24, 2.45) is 5.92 Å². The van der Waals surface area contributed by atoms with Gasteiger partial charge in [0.15, 0.2) is 0 Å². The van der Waals surface area contributed by atoms with Crippen LogP contribution in [0.25, 0.3) is 0 Å². The first-order valence-corrected chi connectivity index (χ1v) is 5.41. The monoisotopic (exact) mass is 227 g/mol. The van der Waals surface area contributed by atoms with Crippen molar-refractivity contribution >= 4 is 5.82 Å². The number of hydrogen-bond acceptors (Lipinski definition) is 3. The third kappa shape index (κ3) is 1.99. The number of piperidine rings is 1. The van der Waals surface area contributed by atoms with Crippen LogP contribution in [0.2, 0.25) is 0 Å². The van der Waals surface area contributed by atoms with Crippen LogP contribution < -0.4 is 4.90 Å². The molecule has 0 saturated carbocycles. The van der Waals surface area contributed by atoms with Gasteiger partial charge in [-0.3, -0.25) is 4.98 Å². The van der Waals surface area contributed by atoms with Gasteiger partial charge >= 0.3 is 0 Å². The lowest BCUT2D eigenvalue weighted by Gasteiger charge is -2.37. The van der Waals surface area contributed by atoms with E-state index in [1.165, 1.54) is 0 Å². The Labute approximate surface area is 93.5 Å². The summed E-state index contributed by atoms with van der Waals surface area (Å²) in [5.41, 5.74) is 0.792. The fourth-order valence-electron chi connectivity index (χ4n) is 1.99. The molecule has 1 fully saturated rings. The first kappa shape index (κ1) is 11.2. The van der Waals surface area contributed by atoms with Crippen molar-refractivity contribution in [2.45, 2.75) is 26.2 Å². The molecule has 2 heterocycles. The standard InChI is InChI=1S/C11H15F2N3/c1-8-7-16(6-3-11(8,12)13)10-9(2)14-4-5-15-10/h4-5,8H,3,6-7H2,1-2H3. The molecule has 2 rings (SSSR count). The van der Waals surface area contributed by atoms with Crippen LogP contribution in [-0.4, -0.2) is 29.0 Å². The molecular formula is C11H15F2N3. The van der Waals surface area contributed by atoms with E-state index in [2.05, 4.69) is 9.97 Å². The highest BCUT2D eigenvalue weighted by Crippen LogP contribution is 2.34. The lowest BCUT2D eigenvalue weighted by atomic mass is 9.95. The van der Waals surface area contributed by atoms with Crippen molar-refractivity contribution in [3.05, 3.63) is 18.1 Å². The predicted molar refractivity (Wildman–Crippen MR) is 57.7 cm³/mol. The number of aryl methyl sites for hydroxylation is 1. The lowest BCUT2D eigenvalue weighted by Crippen LogP contribution is -2.46. The Morgan fingerprint density at radius 3 is 2.69 bits per heavy atom. The molecule has 0 radical (unpaired) electrons. The van der Waals surface area contributed by atoms with Gasteiger partial charge in [0.05, 0.1) is 5.69 Å². The minimum atomic E-state index is -2.55. The molecule has 0 bridgehead atoms. The highest BCUT2D eigenvalue weighted by atomic mass is 19.3. The van der Waals surface area contributed by atoms with E-state index in [4.69, 9.17) is 0 Å². The average Bonchev–Trinajstić information content (AvgIpc) is 2.23. The second kappa shape index (κ2) is 3.96. The van der Waals surface area contributed by atoms with Crippen LogP contribution >= 0.6 is 0 Å². The molecule has 1 aromatic rings. The zero-order valence-corrected chi connectivity index (χ0v) is 9.45. The number of rotatable bonds is 1. The van der Waals surface area contributed by atoms with E-state index < -0.39 is 11.8 Å². The fourth-order valence-corrected chi connectivity index (χ4v) is 1.99. The highest BCUT2D eigenvalue weighted by molar-refractivity contribution is 5.42. The molecular weight excluding hydrogens is 212 g/mol. The topological polar surface area (TPSA) is 29.0 Å². The summed E-state index contributed by atoms with van der Waals surface area (Å²) in [6.07, 6.45) is 3.10. The third-order valence-electron chi connectivity index (χ3n) is 3.09.